The molecule has 0 aromatic carbocycles. The monoisotopic (exact) mass is 304 g/mol. The second-order valence-electron chi connectivity index (χ2n) is 5.30. The van der Waals surface area contributed by atoms with Gasteiger partial charge in [0.05, 0.1) is 0 Å². The van der Waals surface area contributed by atoms with Gasteiger partial charge in [-0.15, -0.1) is 0 Å². The van der Waals surface area contributed by atoms with E-state index in [2.05, 4.69) is 11.6 Å². The van der Waals surface area contributed by atoms with Crippen molar-refractivity contribution in [2.45, 2.75) is 45.6 Å². The lowest BCUT2D eigenvalue weighted by Gasteiger charge is -2.25. The van der Waals surface area contributed by atoms with E-state index in [4.69, 9.17) is 5.11 Å². The van der Waals surface area contributed by atoms with Gasteiger partial charge in [-0.2, -0.15) is 11.8 Å². The Balaban J connectivity index is 3.83. The van der Waals surface area contributed by atoms with Crippen LogP contribution in [-0.2, 0) is 4.79 Å². The number of nitrogens with one attached hydrogen (secondary N) is 1. The van der Waals surface area contributed by atoms with Crippen LogP contribution in [0.2, 0.25) is 0 Å². The summed E-state index contributed by atoms with van der Waals surface area (Å²) in [5.74, 6) is 0.597. The lowest BCUT2D eigenvalue weighted by Crippen LogP contribution is -2.43. The fraction of sp³-hybridized carbons (Fsp3) is 0.857. The van der Waals surface area contributed by atoms with Crippen LogP contribution in [0.3, 0.4) is 0 Å². The second-order valence-corrected chi connectivity index (χ2v) is 6.29. The van der Waals surface area contributed by atoms with Crippen LogP contribution in [0.1, 0.15) is 39.5 Å². The summed E-state index contributed by atoms with van der Waals surface area (Å²) in [6.07, 6.45) is 4.71. The largest absolute Gasteiger partial charge is 0.481 e. The van der Waals surface area contributed by atoms with E-state index >= 15 is 0 Å². The minimum absolute atomic E-state index is 0.0518. The molecule has 0 aromatic rings. The number of amides is 2. The van der Waals surface area contributed by atoms with Gasteiger partial charge in [-0.1, -0.05) is 6.92 Å². The van der Waals surface area contributed by atoms with Gasteiger partial charge < -0.3 is 15.3 Å². The standard InChI is InChI=1S/C14H28N2O3S/c1-11(5-6-13(17)18)7-9-15-14(19)16(3)12(2)8-10-20-4/h11-12H,5-10H2,1-4H3,(H,15,19)(H,17,18). The minimum atomic E-state index is -0.761. The van der Waals surface area contributed by atoms with Crippen LogP contribution < -0.4 is 5.32 Å². The van der Waals surface area contributed by atoms with Crippen LogP contribution in [0.15, 0.2) is 0 Å². The summed E-state index contributed by atoms with van der Waals surface area (Å²) in [5, 5.41) is 11.5. The van der Waals surface area contributed by atoms with E-state index in [1.54, 1.807) is 16.7 Å². The SMILES string of the molecule is CSCCC(C)N(C)C(=O)NCCC(C)CCC(=O)O. The summed E-state index contributed by atoms with van der Waals surface area (Å²) in [5.41, 5.74) is 0. The van der Waals surface area contributed by atoms with Crippen LogP contribution in [0.25, 0.3) is 0 Å². The molecule has 0 radical (unpaired) electrons. The number of rotatable bonds is 10. The first-order valence-electron chi connectivity index (χ1n) is 7.09. The van der Waals surface area contributed by atoms with Gasteiger partial charge in [0.25, 0.3) is 0 Å². The van der Waals surface area contributed by atoms with Crippen molar-refractivity contribution in [1.29, 1.82) is 0 Å². The highest BCUT2D eigenvalue weighted by atomic mass is 32.2. The zero-order chi connectivity index (χ0) is 15.5. The molecule has 0 rings (SSSR count). The Bertz CT molecular complexity index is 300. The van der Waals surface area contributed by atoms with Gasteiger partial charge in [-0.05, 0) is 44.1 Å². The summed E-state index contributed by atoms with van der Waals surface area (Å²) in [7, 11) is 1.81. The van der Waals surface area contributed by atoms with Crippen LogP contribution in [0, 0.1) is 5.92 Å². The molecule has 20 heavy (non-hydrogen) atoms. The number of hydrogen-bond donors (Lipinski definition) is 2. The summed E-state index contributed by atoms with van der Waals surface area (Å²) in [4.78, 5) is 24.1. The van der Waals surface area contributed by atoms with E-state index in [0.717, 1.165) is 18.6 Å². The van der Waals surface area contributed by atoms with E-state index in [-0.39, 0.29) is 18.5 Å². The first-order chi connectivity index (χ1) is 9.38. The molecule has 2 amide bonds. The molecule has 2 unspecified atom stereocenters. The zero-order valence-corrected chi connectivity index (χ0v) is 13.8. The molecule has 0 spiro atoms. The first-order valence-corrected chi connectivity index (χ1v) is 8.49. The number of carbonyl (C=O) groups excluding carboxylic acids is 1. The molecular formula is C14H28N2O3S. The van der Waals surface area contributed by atoms with Gasteiger partial charge in [0.2, 0.25) is 0 Å². The third kappa shape index (κ3) is 9.07. The average molecular weight is 304 g/mol. The van der Waals surface area contributed by atoms with E-state index < -0.39 is 5.97 Å². The summed E-state index contributed by atoms with van der Waals surface area (Å²) in [6.45, 7) is 4.66. The summed E-state index contributed by atoms with van der Waals surface area (Å²) >= 11 is 1.78. The Labute approximate surface area is 126 Å². The normalized spacial score (nSPS) is 13.6. The molecule has 0 aliphatic heterocycles. The van der Waals surface area contributed by atoms with Crippen molar-refractivity contribution in [2.75, 3.05) is 25.6 Å². The molecular weight excluding hydrogens is 276 g/mol. The molecule has 6 heteroatoms. The first kappa shape index (κ1) is 19.1. The highest BCUT2D eigenvalue weighted by Gasteiger charge is 2.15. The van der Waals surface area contributed by atoms with Gasteiger partial charge in [-0.25, -0.2) is 4.79 Å². The second kappa shape index (κ2) is 10.8. The maximum atomic E-state index is 11.9. The van der Waals surface area contributed by atoms with Crippen molar-refractivity contribution in [1.82, 2.24) is 10.2 Å². The van der Waals surface area contributed by atoms with E-state index in [1.165, 1.54) is 0 Å². The predicted octanol–water partition coefficient (Wildman–Crippen LogP) is 2.66. The summed E-state index contributed by atoms with van der Waals surface area (Å²) in [6, 6.07) is 0.177. The molecule has 5 nitrogen and oxygen atoms in total. The smallest absolute Gasteiger partial charge is 0.317 e. The van der Waals surface area contributed by atoms with Crippen LogP contribution in [0.4, 0.5) is 4.79 Å². The molecule has 0 bridgehead atoms. The van der Waals surface area contributed by atoms with E-state index in [1.807, 2.05) is 20.9 Å². The Morgan fingerprint density at radius 1 is 1.25 bits per heavy atom. The highest BCUT2D eigenvalue weighted by molar-refractivity contribution is 7.98. The highest BCUT2D eigenvalue weighted by Crippen LogP contribution is 2.10. The quantitative estimate of drug-likeness (QED) is 0.651. The molecule has 2 atom stereocenters. The number of aliphatic carboxylic acids is 1. The molecule has 118 valence electrons. The number of nitrogens with zero attached hydrogens (tertiary/aromatic N) is 1. The van der Waals surface area contributed by atoms with Crippen LogP contribution in [0.5, 0.6) is 0 Å². The van der Waals surface area contributed by atoms with Crippen molar-refractivity contribution in [2.24, 2.45) is 5.92 Å². The number of carboxylic acid groups (broad SMARTS) is 1. The molecule has 0 aromatic heterocycles. The number of carboxylic acids is 1. The van der Waals surface area contributed by atoms with Crippen LogP contribution in [-0.4, -0.2) is 53.6 Å². The Hall–Kier alpha value is -0.910. The molecule has 0 heterocycles. The lowest BCUT2D eigenvalue weighted by atomic mass is 10.0. The van der Waals surface area contributed by atoms with Crippen molar-refractivity contribution in [3.8, 4) is 0 Å². The number of urea groups is 1. The Morgan fingerprint density at radius 2 is 1.90 bits per heavy atom. The Morgan fingerprint density at radius 3 is 2.45 bits per heavy atom. The topological polar surface area (TPSA) is 69.6 Å². The molecule has 0 saturated carbocycles. The van der Waals surface area contributed by atoms with Crippen molar-refractivity contribution in [3.63, 3.8) is 0 Å². The third-order valence-corrected chi connectivity index (χ3v) is 4.13. The molecule has 0 aliphatic rings. The van der Waals surface area contributed by atoms with Gasteiger partial charge in [0.15, 0.2) is 0 Å². The number of carbonyl (C=O) groups is 2. The maximum Gasteiger partial charge on any atom is 0.317 e. The van der Waals surface area contributed by atoms with Gasteiger partial charge in [-0.3, -0.25) is 4.79 Å². The molecule has 0 aliphatic carbocycles. The van der Waals surface area contributed by atoms with Crippen molar-refractivity contribution in [3.05, 3.63) is 0 Å². The third-order valence-electron chi connectivity index (χ3n) is 3.49. The fourth-order valence-electron chi connectivity index (χ4n) is 1.75. The zero-order valence-electron chi connectivity index (χ0n) is 13.0. The number of hydrogen-bond acceptors (Lipinski definition) is 3. The van der Waals surface area contributed by atoms with Gasteiger partial charge in [0, 0.05) is 26.1 Å². The predicted molar refractivity (Wildman–Crippen MR) is 84.3 cm³/mol. The fourth-order valence-corrected chi connectivity index (χ4v) is 2.32. The average Bonchev–Trinajstić information content (AvgIpc) is 2.41. The van der Waals surface area contributed by atoms with Gasteiger partial charge in [0.1, 0.15) is 0 Å². The van der Waals surface area contributed by atoms with E-state index in [0.29, 0.717) is 18.9 Å². The van der Waals surface area contributed by atoms with Gasteiger partial charge >= 0.3 is 12.0 Å². The molecule has 0 fully saturated rings. The lowest BCUT2D eigenvalue weighted by molar-refractivity contribution is -0.137. The minimum Gasteiger partial charge on any atom is -0.481 e. The van der Waals surface area contributed by atoms with Crippen molar-refractivity contribution < 1.29 is 14.7 Å². The maximum absolute atomic E-state index is 11.9. The number of thioether (sulfide) groups is 1. The van der Waals surface area contributed by atoms with E-state index in [9.17, 15) is 9.59 Å². The molecule has 0 saturated heterocycles. The Kier molecular flexibility index (Phi) is 10.3. The van der Waals surface area contributed by atoms with Crippen LogP contribution >= 0.6 is 11.8 Å². The summed E-state index contributed by atoms with van der Waals surface area (Å²) < 4.78 is 0. The van der Waals surface area contributed by atoms with Crippen molar-refractivity contribution >= 4 is 23.8 Å². The molecule has 2 N–H and O–H groups in total.